The number of likely N-dealkylation sites (tertiary alicyclic amines) is 1. The Labute approximate surface area is 224 Å². The summed E-state index contributed by atoms with van der Waals surface area (Å²) in [6.07, 6.45) is -7.17. The minimum Gasteiger partial charge on any atom is -0.489 e. The third-order valence-electron chi connectivity index (χ3n) is 6.32. The number of benzene rings is 2. The summed E-state index contributed by atoms with van der Waals surface area (Å²) in [5.74, 6) is -2.03. The lowest BCUT2D eigenvalue weighted by molar-refractivity contribution is -0.143. The van der Waals surface area contributed by atoms with Crippen LogP contribution in [0.2, 0.25) is 0 Å². The molecule has 15 heteroatoms. The summed E-state index contributed by atoms with van der Waals surface area (Å²) >= 11 is 0. The highest BCUT2D eigenvalue weighted by atomic mass is 32.2. The van der Waals surface area contributed by atoms with Gasteiger partial charge in [-0.1, -0.05) is 6.07 Å². The first-order chi connectivity index (χ1) is 18.5. The van der Waals surface area contributed by atoms with Crippen LogP contribution < -0.4 is 14.2 Å². The van der Waals surface area contributed by atoms with E-state index in [1.165, 1.54) is 6.07 Å². The van der Waals surface area contributed by atoms with Gasteiger partial charge in [0, 0.05) is 30.8 Å². The standard InChI is InChI=1S/C25H23F7N2O5S/c1-40(36,37)33-23(35)15-4-5-34(11-15)10-14-6-19-21(26)8-18(9-22(19)39-12-14)38-13-16-2-3-17(24(27,28)29)7-20(16)25(30,31)32/h2-3,6-9,15H,4-5,10-13H2,1H3,(H,33,35). The Morgan fingerprint density at radius 2 is 1.85 bits per heavy atom. The van der Waals surface area contributed by atoms with E-state index in [9.17, 15) is 43.9 Å². The number of nitrogens with zero attached hydrogens (tertiary/aromatic N) is 1. The van der Waals surface area contributed by atoms with Gasteiger partial charge in [0.25, 0.3) is 0 Å². The van der Waals surface area contributed by atoms with Crippen LogP contribution in [-0.2, 0) is 33.8 Å². The highest BCUT2D eigenvalue weighted by Gasteiger charge is 2.38. The fourth-order valence-corrected chi connectivity index (χ4v) is 5.00. The number of nitrogens with one attached hydrogen (secondary N) is 1. The molecule has 2 aliphatic heterocycles. The Kier molecular flexibility index (Phi) is 8.09. The minimum atomic E-state index is -5.07. The fraction of sp³-hybridized carbons (Fsp3) is 0.400. The molecular formula is C25H23F7N2O5S. The molecule has 0 aliphatic carbocycles. The Hall–Kier alpha value is -3.33. The smallest absolute Gasteiger partial charge is 0.416 e. The molecule has 0 radical (unpaired) electrons. The number of amides is 1. The Bertz CT molecular complexity index is 1440. The largest absolute Gasteiger partial charge is 0.489 e. The summed E-state index contributed by atoms with van der Waals surface area (Å²) in [6.45, 7) is 0.406. The minimum absolute atomic E-state index is 0.00225. The van der Waals surface area contributed by atoms with Crippen LogP contribution in [0.15, 0.2) is 35.9 Å². The molecule has 0 aromatic heterocycles. The van der Waals surface area contributed by atoms with Crippen molar-refractivity contribution in [2.45, 2.75) is 25.4 Å². The molecule has 1 atom stereocenters. The predicted octanol–water partition coefficient (Wildman–Crippen LogP) is 4.62. The van der Waals surface area contributed by atoms with Crippen molar-refractivity contribution in [3.8, 4) is 11.5 Å². The lowest BCUT2D eigenvalue weighted by Crippen LogP contribution is -2.36. The molecule has 4 rings (SSSR count). The quantitative estimate of drug-likeness (QED) is 0.470. The molecule has 2 aliphatic rings. The fourth-order valence-electron chi connectivity index (χ4n) is 4.47. The van der Waals surface area contributed by atoms with Crippen molar-refractivity contribution in [1.29, 1.82) is 0 Å². The highest BCUT2D eigenvalue weighted by Crippen LogP contribution is 2.38. The van der Waals surface area contributed by atoms with Crippen molar-refractivity contribution in [2.24, 2.45) is 5.92 Å². The Morgan fingerprint density at radius 3 is 2.50 bits per heavy atom. The van der Waals surface area contributed by atoms with Crippen LogP contribution in [0.25, 0.3) is 6.08 Å². The Morgan fingerprint density at radius 1 is 1.12 bits per heavy atom. The van der Waals surface area contributed by atoms with Crippen molar-refractivity contribution in [3.05, 3.63) is 64.0 Å². The second kappa shape index (κ2) is 10.9. The van der Waals surface area contributed by atoms with Crippen molar-refractivity contribution in [3.63, 3.8) is 0 Å². The summed E-state index contributed by atoms with van der Waals surface area (Å²) < 4.78 is 129. The number of carbonyl (C=O) groups excluding carboxylic acids is 1. The summed E-state index contributed by atoms with van der Waals surface area (Å²) in [4.78, 5) is 14.0. The molecule has 2 heterocycles. The molecule has 1 fully saturated rings. The van der Waals surface area contributed by atoms with Crippen LogP contribution in [0.5, 0.6) is 11.5 Å². The van der Waals surface area contributed by atoms with Gasteiger partial charge in [0.2, 0.25) is 15.9 Å². The highest BCUT2D eigenvalue weighted by molar-refractivity contribution is 7.89. The normalized spacial score (nSPS) is 18.1. The number of sulfonamides is 1. The first kappa shape index (κ1) is 29.6. The zero-order valence-corrected chi connectivity index (χ0v) is 21.6. The molecule has 1 unspecified atom stereocenters. The molecule has 0 saturated carbocycles. The van der Waals surface area contributed by atoms with E-state index >= 15 is 0 Å². The average Bonchev–Trinajstić information content (AvgIpc) is 3.29. The lowest BCUT2D eigenvalue weighted by Gasteiger charge is -2.23. The van der Waals surface area contributed by atoms with E-state index in [4.69, 9.17) is 9.47 Å². The molecule has 1 N–H and O–H groups in total. The van der Waals surface area contributed by atoms with Crippen molar-refractivity contribution in [1.82, 2.24) is 9.62 Å². The van der Waals surface area contributed by atoms with Gasteiger partial charge >= 0.3 is 12.4 Å². The van der Waals surface area contributed by atoms with E-state index in [0.717, 1.165) is 12.3 Å². The van der Waals surface area contributed by atoms with Gasteiger partial charge < -0.3 is 9.47 Å². The predicted molar refractivity (Wildman–Crippen MR) is 128 cm³/mol. The number of rotatable bonds is 7. The molecule has 218 valence electrons. The maximum absolute atomic E-state index is 14.9. The first-order valence-corrected chi connectivity index (χ1v) is 13.7. The molecule has 0 spiro atoms. The molecule has 7 nitrogen and oxygen atoms in total. The van der Waals surface area contributed by atoms with Crippen LogP contribution in [0, 0.1) is 11.7 Å². The van der Waals surface area contributed by atoms with E-state index in [-0.39, 0.29) is 29.7 Å². The lowest BCUT2D eigenvalue weighted by atomic mass is 10.0. The maximum Gasteiger partial charge on any atom is 0.416 e. The van der Waals surface area contributed by atoms with Gasteiger partial charge in [-0.2, -0.15) is 26.3 Å². The summed E-state index contributed by atoms with van der Waals surface area (Å²) in [6, 6.07) is 3.38. The van der Waals surface area contributed by atoms with Gasteiger partial charge in [0.05, 0.1) is 28.9 Å². The number of alkyl halides is 6. The maximum atomic E-state index is 14.9. The molecule has 0 bridgehead atoms. The van der Waals surface area contributed by atoms with Gasteiger partial charge in [-0.05, 0) is 36.7 Å². The zero-order valence-electron chi connectivity index (χ0n) is 20.8. The van der Waals surface area contributed by atoms with Crippen molar-refractivity contribution < 1.29 is 53.4 Å². The summed E-state index contributed by atoms with van der Waals surface area (Å²) in [5, 5.41) is 0. The monoisotopic (exact) mass is 596 g/mol. The zero-order chi connectivity index (χ0) is 29.5. The van der Waals surface area contributed by atoms with Crippen LogP contribution in [-0.4, -0.2) is 51.7 Å². The van der Waals surface area contributed by atoms with E-state index in [0.29, 0.717) is 43.8 Å². The van der Waals surface area contributed by atoms with Gasteiger partial charge in [0.1, 0.15) is 30.5 Å². The van der Waals surface area contributed by atoms with Crippen LogP contribution >= 0.6 is 0 Å². The van der Waals surface area contributed by atoms with E-state index in [2.05, 4.69) is 0 Å². The van der Waals surface area contributed by atoms with Crippen LogP contribution in [0.4, 0.5) is 30.7 Å². The Balaban J connectivity index is 1.44. The average molecular weight is 597 g/mol. The van der Waals surface area contributed by atoms with Gasteiger partial charge in [0.15, 0.2) is 0 Å². The number of hydrogen-bond acceptors (Lipinski definition) is 6. The summed E-state index contributed by atoms with van der Waals surface area (Å²) in [7, 11) is -3.68. The molecule has 1 amide bonds. The topological polar surface area (TPSA) is 84.9 Å². The number of carbonyl (C=O) groups is 1. The third-order valence-corrected chi connectivity index (χ3v) is 6.89. The molecule has 2 aromatic carbocycles. The number of fused-ring (bicyclic) bond motifs is 1. The second-order valence-electron chi connectivity index (χ2n) is 9.52. The summed E-state index contributed by atoms with van der Waals surface area (Å²) in [5.41, 5.74) is -2.78. The van der Waals surface area contributed by atoms with Gasteiger partial charge in [-0.15, -0.1) is 0 Å². The van der Waals surface area contributed by atoms with Crippen LogP contribution in [0.1, 0.15) is 28.7 Å². The first-order valence-electron chi connectivity index (χ1n) is 11.8. The van der Waals surface area contributed by atoms with Crippen LogP contribution in [0.3, 0.4) is 0 Å². The van der Waals surface area contributed by atoms with E-state index < -0.39 is 63.3 Å². The van der Waals surface area contributed by atoms with E-state index in [1.807, 2.05) is 9.62 Å². The van der Waals surface area contributed by atoms with Crippen molar-refractivity contribution >= 4 is 22.0 Å². The molecule has 2 aromatic rings. The third kappa shape index (κ3) is 7.24. The number of hydrogen-bond donors (Lipinski definition) is 1. The SMILES string of the molecule is CS(=O)(=O)NC(=O)C1CCN(CC2=Cc3c(F)cc(OCc4ccc(C(F)(F)F)cc4C(F)(F)F)cc3OC2)C1. The number of halogens is 7. The molecular weight excluding hydrogens is 573 g/mol. The van der Waals surface area contributed by atoms with E-state index in [1.54, 1.807) is 6.08 Å². The molecule has 40 heavy (non-hydrogen) atoms. The van der Waals surface area contributed by atoms with Crippen molar-refractivity contribution in [2.75, 3.05) is 32.5 Å². The molecule has 1 saturated heterocycles. The van der Waals surface area contributed by atoms with Gasteiger partial charge in [-0.25, -0.2) is 12.8 Å². The van der Waals surface area contributed by atoms with Gasteiger partial charge in [-0.3, -0.25) is 14.4 Å². The number of ether oxygens (including phenoxy) is 2. The second-order valence-corrected chi connectivity index (χ2v) is 11.3.